The maximum absolute atomic E-state index is 12.3. The second-order valence-electron chi connectivity index (χ2n) is 4.98. The molecule has 0 saturated carbocycles. The first-order chi connectivity index (χ1) is 10.2. The van der Waals surface area contributed by atoms with Crippen LogP contribution in [0.15, 0.2) is 43.5 Å². The summed E-state index contributed by atoms with van der Waals surface area (Å²) in [5.74, 6) is 0.00861. The van der Waals surface area contributed by atoms with Gasteiger partial charge in [-0.2, -0.15) is 0 Å². The van der Waals surface area contributed by atoms with Crippen molar-refractivity contribution in [1.29, 1.82) is 0 Å². The number of amides is 1. The van der Waals surface area contributed by atoms with Crippen LogP contribution in [0, 0.1) is 0 Å². The number of nitrogens with one attached hydrogen (secondary N) is 1. The molecule has 3 heteroatoms. The molecule has 21 heavy (non-hydrogen) atoms. The molecule has 0 unspecified atom stereocenters. The molecule has 0 heterocycles. The molecule has 0 atom stereocenters. The number of carbonyl (C=O) groups is 1. The van der Waals surface area contributed by atoms with Crippen LogP contribution >= 0.6 is 0 Å². The topological polar surface area (TPSA) is 32.3 Å². The molecule has 1 rings (SSSR count). The number of rotatable bonds is 9. The fraction of sp³-hybridized carbons (Fsp3) is 0.389. The van der Waals surface area contributed by atoms with Crippen molar-refractivity contribution in [3.05, 3.63) is 54.6 Å². The van der Waals surface area contributed by atoms with Gasteiger partial charge in [0.2, 0.25) is 5.91 Å². The monoisotopic (exact) mass is 286 g/mol. The predicted octanol–water partition coefficient (Wildman–Crippen LogP) is 3.42. The van der Waals surface area contributed by atoms with E-state index in [2.05, 4.69) is 50.5 Å². The summed E-state index contributed by atoms with van der Waals surface area (Å²) in [4.78, 5) is 14.3. The molecular weight excluding hydrogens is 260 g/mol. The Morgan fingerprint density at radius 2 is 1.67 bits per heavy atom. The highest BCUT2D eigenvalue weighted by Crippen LogP contribution is 2.22. The van der Waals surface area contributed by atoms with E-state index in [9.17, 15) is 4.79 Å². The lowest BCUT2D eigenvalue weighted by Crippen LogP contribution is -2.33. The normalized spacial score (nSPS) is 10.4. The Morgan fingerprint density at radius 1 is 1.14 bits per heavy atom. The fourth-order valence-corrected chi connectivity index (χ4v) is 2.35. The Morgan fingerprint density at radius 3 is 2.10 bits per heavy atom. The molecule has 1 N–H and O–H groups in total. The summed E-state index contributed by atoms with van der Waals surface area (Å²) < 4.78 is 0. The van der Waals surface area contributed by atoms with Crippen molar-refractivity contribution in [2.24, 2.45) is 0 Å². The zero-order valence-electron chi connectivity index (χ0n) is 13.2. The summed E-state index contributed by atoms with van der Waals surface area (Å²) in [5.41, 5.74) is 3.34. The summed E-state index contributed by atoms with van der Waals surface area (Å²) in [6.07, 6.45) is 5.42. The molecule has 3 nitrogen and oxygen atoms in total. The molecule has 0 spiro atoms. The van der Waals surface area contributed by atoms with E-state index in [0.29, 0.717) is 19.6 Å². The molecule has 0 radical (unpaired) electrons. The minimum absolute atomic E-state index is 0.00861. The van der Waals surface area contributed by atoms with E-state index in [0.717, 1.165) is 18.5 Å². The number of nitrogens with zero attached hydrogens (tertiary/aromatic N) is 1. The third-order valence-corrected chi connectivity index (χ3v) is 3.41. The first-order valence-electron chi connectivity index (χ1n) is 7.50. The quantitative estimate of drug-likeness (QED) is 0.705. The molecule has 0 bridgehead atoms. The number of hydrogen-bond acceptors (Lipinski definition) is 2. The minimum Gasteiger partial charge on any atom is -0.324 e. The van der Waals surface area contributed by atoms with Crippen LogP contribution < -0.4 is 5.32 Å². The molecule has 0 aliphatic heterocycles. The molecule has 0 aromatic heterocycles. The lowest BCUT2D eigenvalue weighted by atomic mass is 10.0. The van der Waals surface area contributed by atoms with Crippen LogP contribution in [0.3, 0.4) is 0 Å². The summed E-state index contributed by atoms with van der Waals surface area (Å²) in [6, 6.07) is 6.19. The van der Waals surface area contributed by atoms with Gasteiger partial charge in [0.25, 0.3) is 0 Å². The number of benzene rings is 1. The molecule has 0 aliphatic carbocycles. The second-order valence-corrected chi connectivity index (χ2v) is 4.98. The van der Waals surface area contributed by atoms with Crippen LogP contribution in [0.1, 0.15) is 25.0 Å². The molecule has 1 aromatic rings. The van der Waals surface area contributed by atoms with Gasteiger partial charge < -0.3 is 5.32 Å². The van der Waals surface area contributed by atoms with E-state index < -0.39 is 0 Å². The van der Waals surface area contributed by atoms with Gasteiger partial charge in [-0.3, -0.25) is 9.69 Å². The van der Waals surface area contributed by atoms with E-state index >= 15 is 0 Å². The average molecular weight is 286 g/mol. The van der Waals surface area contributed by atoms with E-state index in [1.807, 2.05) is 4.90 Å². The summed E-state index contributed by atoms with van der Waals surface area (Å²) in [6.45, 7) is 13.3. The van der Waals surface area contributed by atoms with Crippen molar-refractivity contribution in [3.63, 3.8) is 0 Å². The minimum atomic E-state index is 0.00861. The lowest BCUT2D eigenvalue weighted by molar-refractivity contribution is -0.117. The smallest absolute Gasteiger partial charge is 0.238 e. The van der Waals surface area contributed by atoms with Gasteiger partial charge >= 0.3 is 0 Å². The number of hydrogen-bond donors (Lipinski definition) is 1. The van der Waals surface area contributed by atoms with Crippen LogP contribution in [0.5, 0.6) is 0 Å². The maximum Gasteiger partial charge on any atom is 0.238 e. The van der Waals surface area contributed by atoms with Gasteiger partial charge in [0.15, 0.2) is 0 Å². The molecular formula is C18H26N2O. The summed E-state index contributed by atoms with van der Waals surface area (Å²) >= 11 is 0. The van der Waals surface area contributed by atoms with Crippen molar-refractivity contribution in [3.8, 4) is 0 Å². The number of carbonyl (C=O) groups excluding carboxylic acids is 1. The number of para-hydroxylation sites is 1. The zero-order valence-corrected chi connectivity index (χ0v) is 13.2. The van der Waals surface area contributed by atoms with E-state index in [1.54, 1.807) is 12.2 Å². The van der Waals surface area contributed by atoms with E-state index in [4.69, 9.17) is 0 Å². The number of anilines is 1. The van der Waals surface area contributed by atoms with Crippen LogP contribution in [0.25, 0.3) is 0 Å². The highest BCUT2D eigenvalue weighted by Gasteiger charge is 2.12. The molecule has 0 aliphatic rings. The van der Waals surface area contributed by atoms with Gasteiger partial charge in [0.1, 0.15) is 0 Å². The zero-order chi connectivity index (χ0) is 15.7. The Balaban J connectivity index is 2.82. The van der Waals surface area contributed by atoms with Gasteiger partial charge in [-0.05, 0) is 24.0 Å². The van der Waals surface area contributed by atoms with Crippen LogP contribution in [-0.2, 0) is 17.6 Å². The predicted molar refractivity (Wildman–Crippen MR) is 90.7 cm³/mol. The van der Waals surface area contributed by atoms with E-state index in [1.165, 1.54) is 11.1 Å². The third kappa shape index (κ3) is 5.20. The Hall–Kier alpha value is -1.87. The van der Waals surface area contributed by atoms with E-state index in [-0.39, 0.29) is 5.91 Å². The van der Waals surface area contributed by atoms with Crippen LogP contribution in [-0.4, -0.2) is 30.4 Å². The largest absolute Gasteiger partial charge is 0.324 e. The molecule has 0 saturated heterocycles. The standard InChI is InChI=1S/C18H26N2O/c1-5-12-20(13-6-2)14-17(21)19-18-15(7-3)10-9-11-16(18)8-4/h5-6,9-11H,1-2,7-8,12-14H2,3-4H3,(H,19,21). The van der Waals surface area contributed by atoms with Gasteiger partial charge in [0, 0.05) is 18.8 Å². The molecule has 114 valence electrons. The van der Waals surface area contributed by atoms with Gasteiger partial charge in [-0.25, -0.2) is 0 Å². The Bertz CT molecular complexity index is 462. The second kappa shape index (κ2) is 9.14. The Kier molecular flexibility index (Phi) is 7.48. The van der Waals surface area contributed by atoms with Gasteiger partial charge in [-0.15, -0.1) is 13.2 Å². The van der Waals surface area contributed by atoms with Crippen molar-refractivity contribution in [1.82, 2.24) is 4.90 Å². The van der Waals surface area contributed by atoms with Crippen molar-refractivity contribution in [2.45, 2.75) is 26.7 Å². The maximum atomic E-state index is 12.3. The summed E-state index contributed by atoms with van der Waals surface area (Å²) in [7, 11) is 0. The van der Waals surface area contributed by atoms with Crippen molar-refractivity contribution in [2.75, 3.05) is 25.0 Å². The van der Waals surface area contributed by atoms with Gasteiger partial charge in [-0.1, -0.05) is 44.2 Å². The van der Waals surface area contributed by atoms with Crippen molar-refractivity contribution >= 4 is 11.6 Å². The third-order valence-electron chi connectivity index (χ3n) is 3.41. The molecule has 0 fully saturated rings. The Labute approximate surface area is 128 Å². The molecule has 1 aromatic carbocycles. The fourth-order valence-electron chi connectivity index (χ4n) is 2.35. The van der Waals surface area contributed by atoms with Crippen LogP contribution in [0.4, 0.5) is 5.69 Å². The van der Waals surface area contributed by atoms with Gasteiger partial charge in [0.05, 0.1) is 6.54 Å². The first kappa shape index (κ1) is 17.2. The van der Waals surface area contributed by atoms with Crippen molar-refractivity contribution < 1.29 is 4.79 Å². The highest BCUT2D eigenvalue weighted by atomic mass is 16.2. The highest BCUT2D eigenvalue weighted by molar-refractivity contribution is 5.93. The SMILES string of the molecule is C=CCN(CC=C)CC(=O)Nc1c(CC)cccc1CC. The molecule has 1 amide bonds. The number of aryl methyl sites for hydroxylation is 2. The average Bonchev–Trinajstić information content (AvgIpc) is 2.47. The first-order valence-corrected chi connectivity index (χ1v) is 7.50. The lowest BCUT2D eigenvalue weighted by Gasteiger charge is -2.20. The van der Waals surface area contributed by atoms with Crippen LogP contribution in [0.2, 0.25) is 0 Å². The summed E-state index contributed by atoms with van der Waals surface area (Å²) in [5, 5.41) is 3.08.